The van der Waals surface area contributed by atoms with Gasteiger partial charge in [0, 0.05) is 35.2 Å². The van der Waals surface area contributed by atoms with Crippen molar-refractivity contribution in [2.75, 3.05) is 26.3 Å². The van der Waals surface area contributed by atoms with Crippen molar-refractivity contribution in [3.05, 3.63) is 23.0 Å². The number of aromatic nitrogens is 2. The molecule has 4 heterocycles. The van der Waals surface area contributed by atoms with Gasteiger partial charge in [0.2, 0.25) is 0 Å². The predicted octanol–water partition coefficient (Wildman–Crippen LogP) is 3.06. The standard InChI is InChI=1S/C15H12ClN3O3S/c16-12-8-3-9-10(21-2-1-20-9)4-11(8)23-13(12)15-18-14(19-22-15)7-5-17-6-7/h3-4,7,17H,1-2,5-6H2. The summed E-state index contributed by atoms with van der Waals surface area (Å²) < 4.78 is 17.7. The van der Waals surface area contributed by atoms with Crippen molar-refractivity contribution in [1.29, 1.82) is 0 Å². The van der Waals surface area contributed by atoms with Gasteiger partial charge >= 0.3 is 0 Å². The van der Waals surface area contributed by atoms with Crippen molar-refractivity contribution in [2.24, 2.45) is 0 Å². The fourth-order valence-corrected chi connectivity index (χ4v) is 4.14. The molecular formula is C15H12ClN3O3S. The lowest BCUT2D eigenvalue weighted by Crippen LogP contribution is -2.40. The number of thiophene rings is 1. The Hall–Kier alpha value is -1.83. The number of halogens is 1. The first kappa shape index (κ1) is 13.6. The zero-order chi connectivity index (χ0) is 15.4. The van der Waals surface area contributed by atoms with Crippen LogP contribution in [0.15, 0.2) is 16.7 Å². The Labute approximate surface area is 140 Å². The number of ether oxygens (including phenoxy) is 2. The summed E-state index contributed by atoms with van der Waals surface area (Å²) >= 11 is 8.07. The second-order valence-corrected chi connectivity index (χ2v) is 6.98. The number of rotatable bonds is 2. The van der Waals surface area contributed by atoms with Crippen LogP contribution in [0.4, 0.5) is 0 Å². The Kier molecular flexibility index (Phi) is 3.01. The first-order valence-electron chi connectivity index (χ1n) is 7.36. The maximum atomic E-state index is 6.54. The number of benzene rings is 1. The van der Waals surface area contributed by atoms with Gasteiger partial charge in [-0.05, 0) is 6.07 Å². The van der Waals surface area contributed by atoms with E-state index in [0.717, 1.165) is 45.4 Å². The summed E-state index contributed by atoms with van der Waals surface area (Å²) in [5.74, 6) is 3.01. The van der Waals surface area contributed by atoms with Crippen LogP contribution in [0.1, 0.15) is 11.7 Å². The van der Waals surface area contributed by atoms with E-state index in [1.807, 2.05) is 12.1 Å². The third-order valence-electron chi connectivity index (χ3n) is 4.07. The van der Waals surface area contributed by atoms with Gasteiger partial charge in [0.15, 0.2) is 17.3 Å². The van der Waals surface area contributed by atoms with Gasteiger partial charge in [-0.2, -0.15) is 4.98 Å². The quantitative estimate of drug-likeness (QED) is 0.766. The van der Waals surface area contributed by atoms with E-state index in [4.69, 9.17) is 25.6 Å². The first-order valence-corrected chi connectivity index (χ1v) is 8.55. The minimum Gasteiger partial charge on any atom is -0.486 e. The molecule has 0 saturated carbocycles. The van der Waals surface area contributed by atoms with E-state index in [1.165, 1.54) is 11.3 Å². The van der Waals surface area contributed by atoms with Gasteiger partial charge in [-0.1, -0.05) is 16.8 Å². The highest BCUT2D eigenvalue weighted by Gasteiger charge is 2.26. The predicted molar refractivity (Wildman–Crippen MR) is 86.7 cm³/mol. The fraction of sp³-hybridized carbons (Fsp3) is 0.333. The molecule has 8 heteroatoms. The van der Waals surface area contributed by atoms with E-state index in [0.29, 0.717) is 30.0 Å². The highest BCUT2D eigenvalue weighted by atomic mass is 35.5. The van der Waals surface area contributed by atoms with Crippen LogP contribution in [0.25, 0.3) is 20.9 Å². The van der Waals surface area contributed by atoms with Crippen molar-refractivity contribution >= 4 is 33.0 Å². The lowest BCUT2D eigenvalue weighted by Gasteiger charge is -2.23. The van der Waals surface area contributed by atoms with Crippen LogP contribution >= 0.6 is 22.9 Å². The molecule has 2 aliphatic rings. The van der Waals surface area contributed by atoms with Gasteiger partial charge in [0.1, 0.15) is 18.1 Å². The maximum absolute atomic E-state index is 6.54. The summed E-state index contributed by atoms with van der Waals surface area (Å²) in [6.45, 7) is 2.89. The molecule has 5 rings (SSSR count). The molecule has 0 bridgehead atoms. The Morgan fingerprint density at radius 2 is 1.96 bits per heavy atom. The van der Waals surface area contributed by atoms with Gasteiger partial charge in [0.05, 0.1) is 5.02 Å². The number of hydrogen-bond acceptors (Lipinski definition) is 7. The molecule has 1 N–H and O–H groups in total. The summed E-state index contributed by atoms with van der Waals surface area (Å²) in [6.07, 6.45) is 0. The minimum atomic E-state index is 0.328. The van der Waals surface area contributed by atoms with Crippen molar-refractivity contribution < 1.29 is 14.0 Å². The van der Waals surface area contributed by atoms with Crippen LogP contribution in [-0.4, -0.2) is 36.4 Å². The molecule has 2 aromatic heterocycles. The highest BCUT2D eigenvalue weighted by Crippen LogP contribution is 2.46. The Morgan fingerprint density at radius 1 is 1.17 bits per heavy atom. The average Bonchev–Trinajstić information content (AvgIpc) is 3.09. The van der Waals surface area contributed by atoms with E-state index < -0.39 is 0 Å². The summed E-state index contributed by atoms with van der Waals surface area (Å²) in [4.78, 5) is 5.29. The Morgan fingerprint density at radius 3 is 2.70 bits per heavy atom. The molecule has 1 aromatic carbocycles. The lowest BCUT2D eigenvalue weighted by molar-refractivity contribution is 0.172. The molecule has 0 atom stereocenters. The van der Waals surface area contributed by atoms with Gasteiger partial charge < -0.3 is 19.3 Å². The van der Waals surface area contributed by atoms with E-state index in [-0.39, 0.29) is 0 Å². The molecule has 23 heavy (non-hydrogen) atoms. The molecule has 0 radical (unpaired) electrons. The maximum Gasteiger partial charge on any atom is 0.269 e. The molecule has 0 aliphatic carbocycles. The van der Waals surface area contributed by atoms with Crippen LogP contribution < -0.4 is 14.8 Å². The molecule has 6 nitrogen and oxygen atoms in total. The van der Waals surface area contributed by atoms with Crippen LogP contribution in [0, 0.1) is 0 Å². The molecule has 0 amide bonds. The zero-order valence-corrected chi connectivity index (χ0v) is 13.5. The summed E-state index contributed by atoms with van der Waals surface area (Å²) in [5, 5.41) is 8.81. The third-order valence-corrected chi connectivity index (χ3v) is 5.72. The van der Waals surface area contributed by atoms with Crippen LogP contribution in [-0.2, 0) is 0 Å². The average molecular weight is 350 g/mol. The first-order chi connectivity index (χ1) is 11.3. The Balaban J connectivity index is 1.60. The molecular weight excluding hydrogens is 338 g/mol. The van der Waals surface area contributed by atoms with E-state index >= 15 is 0 Å². The van der Waals surface area contributed by atoms with Crippen molar-refractivity contribution in [3.63, 3.8) is 0 Å². The summed E-state index contributed by atoms with van der Waals surface area (Å²) in [6, 6.07) is 3.87. The smallest absolute Gasteiger partial charge is 0.269 e. The molecule has 1 saturated heterocycles. The Bertz CT molecular complexity index is 903. The molecule has 2 aliphatic heterocycles. The van der Waals surface area contributed by atoms with Crippen molar-refractivity contribution in [2.45, 2.75) is 5.92 Å². The third kappa shape index (κ3) is 2.11. The second kappa shape index (κ2) is 5.09. The van der Waals surface area contributed by atoms with Crippen LogP contribution in [0.3, 0.4) is 0 Å². The molecule has 3 aromatic rings. The summed E-state index contributed by atoms with van der Waals surface area (Å²) in [5.41, 5.74) is 0. The minimum absolute atomic E-state index is 0.328. The van der Waals surface area contributed by atoms with Gasteiger partial charge in [-0.3, -0.25) is 0 Å². The monoisotopic (exact) mass is 349 g/mol. The fourth-order valence-electron chi connectivity index (χ4n) is 2.70. The van der Waals surface area contributed by atoms with E-state index in [9.17, 15) is 0 Å². The lowest BCUT2D eigenvalue weighted by atomic mass is 10.0. The number of hydrogen-bond donors (Lipinski definition) is 1. The molecule has 118 valence electrons. The SMILES string of the molecule is Clc1c(-c2nc(C3CNC3)no2)sc2cc3c(cc12)OCCO3. The van der Waals surface area contributed by atoms with Crippen molar-refractivity contribution in [3.8, 4) is 22.3 Å². The van der Waals surface area contributed by atoms with Gasteiger partial charge in [-0.15, -0.1) is 11.3 Å². The van der Waals surface area contributed by atoms with E-state index in [2.05, 4.69) is 15.5 Å². The molecule has 1 fully saturated rings. The highest BCUT2D eigenvalue weighted by molar-refractivity contribution is 7.23. The van der Waals surface area contributed by atoms with Crippen LogP contribution in [0.5, 0.6) is 11.5 Å². The molecule has 0 spiro atoms. The van der Waals surface area contributed by atoms with Gasteiger partial charge in [0.25, 0.3) is 5.89 Å². The number of fused-ring (bicyclic) bond motifs is 2. The summed E-state index contributed by atoms with van der Waals surface area (Å²) in [7, 11) is 0. The zero-order valence-electron chi connectivity index (χ0n) is 12.0. The second-order valence-electron chi connectivity index (χ2n) is 5.55. The number of nitrogens with zero attached hydrogens (tertiary/aromatic N) is 2. The van der Waals surface area contributed by atoms with Crippen molar-refractivity contribution in [1.82, 2.24) is 15.5 Å². The normalized spacial score (nSPS) is 17.4. The topological polar surface area (TPSA) is 69.4 Å². The largest absolute Gasteiger partial charge is 0.486 e. The van der Waals surface area contributed by atoms with Crippen LogP contribution in [0.2, 0.25) is 5.02 Å². The number of nitrogens with one attached hydrogen (secondary N) is 1. The van der Waals surface area contributed by atoms with Gasteiger partial charge in [-0.25, -0.2) is 0 Å². The molecule has 0 unspecified atom stereocenters. The van der Waals surface area contributed by atoms with E-state index in [1.54, 1.807) is 0 Å².